The van der Waals surface area contributed by atoms with Crippen LogP contribution in [-0.4, -0.2) is 16.5 Å². The minimum atomic E-state index is -4.34. The van der Waals surface area contributed by atoms with E-state index >= 15 is 0 Å². The van der Waals surface area contributed by atoms with Gasteiger partial charge >= 0.3 is 6.18 Å². The summed E-state index contributed by atoms with van der Waals surface area (Å²) < 4.78 is 38.0. The van der Waals surface area contributed by atoms with Gasteiger partial charge < -0.3 is 10.6 Å². The Kier molecular flexibility index (Phi) is 5.98. The average Bonchev–Trinajstić information content (AvgIpc) is 2.62. The zero-order valence-electron chi connectivity index (χ0n) is 15.2. The van der Waals surface area contributed by atoms with E-state index in [1.54, 1.807) is 6.07 Å². The molecule has 4 nitrogen and oxygen atoms in total. The summed E-state index contributed by atoms with van der Waals surface area (Å²) in [7, 11) is 0. The van der Waals surface area contributed by atoms with Crippen LogP contribution in [0.4, 0.5) is 30.6 Å². The smallest absolute Gasteiger partial charge is 0.354 e. The van der Waals surface area contributed by atoms with Gasteiger partial charge in [-0.3, -0.25) is 0 Å². The van der Waals surface area contributed by atoms with Gasteiger partial charge in [-0.2, -0.15) is 18.2 Å². The maximum atomic E-state index is 12.7. The summed E-state index contributed by atoms with van der Waals surface area (Å²) in [5.41, 5.74) is 2.12. The Hall–Kier alpha value is -2.57. The first-order valence-electron chi connectivity index (χ1n) is 9.12. The Morgan fingerprint density at radius 1 is 1.07 bits per heavy atom. The van der Waals surface area contributed by atoms with Crippen LogP contribution in [0.3, 0.4) is 0 Å². The standard InChI is InChI=1S/C20H23F3N4/c1-14-13-18(26-17-9-7-16(8-10-17)20(21,22)23)27-19(25-14)24-12-11-15-5-3-2-4-6-15/h5,7-10,13H,2-4,6,11-12H2,1H3,(H2,24,25,26,27). The molecule has 0 radical (unpaired) electrons. The van der Waals surface area contributed by atoms with Gasteiger partial charge in [-0.15, -0.1) is 0 Å². The highest BCUT2D eigenvalue weighted by atomic mass is 19.4. The highest BCUT2D eigenvalue weighted by Gasteiger charge is 2.29. The van der Waals surface area contributed by atoms with Crippen molar-refractivity contribution in [3.05, 3.63) is 53.2 Å². The molecular formula is C20H23F3N4. The average molecular weight is 376 g/mol. The maximum Gasteiger partial charge on any atom is 0.416 e. The Balaban J connectivity index is 1.61. The second-order valence-electron chi connectivity index (χ2n) is 6.70. The SMILES string of the molecule is Cc1cc(Nc2ccc(C(F)(F)F)cc2)nc(NCCC2=CCCCC2)n1. The van der Waals surface area contributed by atoms with Gasteiger partial charge in [-0.05, 0) is 63.3 Å². The molecule has 0 bridgehead atoms. The summed E-state index contributed by atoms with van der Waals surface area (Å²) in [6.45, 7) is 2.61. The molecule has 0 atom stereocenters. The topological polar surface area (TPSA) is 49.8 Å². The lowest BCUT2D eigenvalue weighted by atomic mass is 9.97. The van der Waals surface area contributed by atoms with Gasteiger partial charge in [0.05, 0.1) is 5.56 Å². The van der Waals surface area contributed by atoms with E-state index in [9.17, 15) is 13.2 Å². The molecule has 2 N–H and O–H groups in total. The van der Waals surface area contributed by atoms with E-state index in [0.29, 0.717) is 17.5 Å². The van der Waals surface area contributed by atoms with Gasteiger partial charge in [0.1, 0.15) is 5.82 Å². The third-order valence-electron chi connectivity index (χ3n) is 4.45. The van der Waals surface area contributed by atoms with E-state index in [4.69, 9.17) is 0 Å². The first-order valence-corrected chi connectivity index (χ1v) is 9.12. The molecule has 0 saturated heterocycles. The quantitative estimate of drug-likeness (QED) is 0.621. The molecule has 0 unspecified atom stereocenters. The molecule has 144 valence electrons. The number of allylic oxidation sites excluding steroid dienone is 1. The summed E-state index contributed by atoms with van der Waals surface area (Å²) in [5, 5.41) is 6.27. The van der Waals surface area contributed by atoms with Crippen molar-refractivity contribution in [1.82, 2.24) is 9.97 Å². The summed E-state index contributed by atoms with van der Waals surface area (Å²) in [5.74, 6) is 1.06. The number of rotatable bonds is 6. The van der Waals surface area contributed by atoms with Crippen molar-refractivity contribution in [3.63, 3.8) is 0 Å². The van der Waals surface area contributed by atoms with Crippen molar-refractivity contribution in [2.75, 3.05) is 17.2 Å². The fourth-order valence-electron chi connectivity index (χ4n) is 3.07. The largest absolute Gasteiger partial charge is 0.416 e. The molecule has 3 rings (SSSR count). The number of hydrogen-bond donors (Lipinski definition) is 2. The zero-order chi connectivity index (χ0) is 19.3. The van der Waals surface area contributed by atoms with Crippen LogP contribution >= 0.6 is 0 Å². The molecule has 0 amide bonds. The summed E-state index contributed by atoms with van der Waals surface area (Å²) >= 11 is 0. The molecule has 7 heteroatoms. The highest BCUT2D eigenvalue weighted by Crippen LogP contribution is 2.30. The molecular weight excluding hydrogens is 353 g/mol. The minimum Gasteiger partial charge on any atom is -0.354 e. The van der Waals surface area contributed by atoms with Crippen molar-refractivity contribution in [3.8, 4) is 0 Å². The number of aromatic nitrogens is 2. The van der Waals surface area contributed by atoms with Gasteiger partial charge in [0, 0.05) is 24.0 Å². The molecule has 1 aromatic carbocycles. The van der Waals surface area contributed by atoms with Crippen LogP contribution in [0.2, 0.25) is 0 Å². The Morgan fingerprint density at radius 2 is 1.85 bits per heavy atom. The summed E-state index contributed by atoms with van der Waals surface area (Å²) in [6, 6.07) is 6.64. The fourth-order valence-corrected chi connectivity index (χ4v) is 3.07. The Bertz CT molecular complexity index is 798. The maximum absolute atomic E-state index is 12.7. The van der Waals surface area contributed by atoms with Crippen molar-refractivity contribution >= 4 is 17.5 Å². The number of aryl methyl sites for hydroxylation is 1. The summed E-state index contributed by atoms with van der Waals surface area (Å²) in [4.78, 5) is 8.78. The van der Waals surface area contributed by atoms with Crippen LogP contribution in [0, 0.1) is 6.92 Å². The van der Waals surface area contributed by atoms with Gasteiger partial charge in [0.15, 0.2) is 0 Å². The van der Waals surface area contributed by atoms with E-state index < -0.39 is 11.7 Å². The number of benzene rings is 1. The van der Waals surface area contributed by atoms with Crippen LogP contribution in [0.5, 0.6) is 0 Å². The predicted octanol–water partition coefficient (Wildman–Crippen LogP) is 5.85. The molecule has 1 aromatic heterocycles. The first-order chi connectivity index (χ1) is 12.9. The van der Waals surface area contributed by atoms with Gasteiger partial charge in [0.2, 0.25) is 5.95 Å². The number of hydrogen-bond acceptors (Lipinski definition) is 4. The molecule has 0 saturated carbocycles. The van der Waals surface area contributed by atoms with Gasteiger partial charge in [-0.25, -0.2) is 4.98 Å². The zero-order valence-corrected chi connectivity index (χ0v) is 15.2. The van der Waals surface area contributed by atoms with Crippen LogP contribution in [-0.2, 0) is 6.18 Å². The van der Waals surface area contributed by atoms with Crippen molar-refractivity contribution in [1.29, 1.82) is 0 Å². The van der Waals surface area contributed by atoms with E-state index in [1.165, 1.54) is 30.5 Å². The number of halogens is 3. The lowest BCUT2D eigenvalue weighted by Crippen LogP contribution is -2.09. The lowest BCUT2D eigenvalue weighted by molar-refractivity contribution is -0.137. The number of nitrogens with zero attached hydrogens (tertiary/aromatic N) is 2. The monoisotopic (exact) mass is 376 g/mol. The van der Waals surface area contributed by atoms with Crippen molar-refractivity contribution < 1.29 is 13.2 Å². The van der Waals surface area contributed by atoms with Gasteiger partial charge in [0.25, 0.3) is 0 Å². The second-order valence-corrected chi connectivity index (χ2v) is 6.70. The van der Waals surface area contributed by atoms with E-state index in [-0.39, 0.29) is 0 Å². The molecule has 0 aliphatic heterocycles. The van der Waals surface area contributed by atoms with Crippen LogP contribution in [0.1, 0.15) is 43.4 Å². The Morgan fingerprint density at radius 3 is 2.52 bits per heavy atom. The van der Waals surface area contributed by atoms with Crippen LogP contribution < -0.4 is 10.6 Å². The molecule has 1 aliphatic rings. The van der Waals surface area contributed by atoms with E-state index in [2.05, 4.69) is 26.7 Å². The number of anilines is 3. The first kappa shape index (κ1) is 19.2. The number of alkyl halides is 3. The molecule has 0 fully saturated rings. The van der Waals surface area contributed by atoms with Gasteiger partial charge in [-0.1, -0.05) is 11.6 Å². The van der Waals surface area contributed by atoms with E-state index in [1.807, 2.05) is 6.92 Å². The second kappa shape index (κ2) is 8.41. The highest BCUT2D eigenvalue weighted by molar-refractivity contribution is 5.58. The molecule has 27 heavy (non-hydrogen) atoms. The molecule has 1 aliphatic carbocycles. The van der Waals surface area contributed by atoms with Crippen molar-refractivity contribution in [2.45, 2.75) is 45.2 Å². The normalized spacial score (nSPS) is 14.6. The van der Waals surface area contributed by atoms with E-state index in [0.717, 1.165) is 43.6 Å². The molecule has 0 spiro atoms. The number of nitrogens with one attached hydrogen (secondary N) is 2. The summed E-state index contributed by atoms with van der Waals surface area (Å²) in [6.07, 6.45) is 3.81. The third kappa shape index (κ3) is 5.70. The molecule has 1 heterocycles. The predicted molar refractivity (Wildman–Crippen MR) is 101 cm³/mol. The van der Waals surface area contributed by atoms with Crippen molar-refractivity contribution in [2.24, 2.45) is 0 Å². The fraction of sp³-hybridized carbons (Fsp3) is 0.400. The minimum absolute atomic E-state index is 0.515. The Labute approximate surface area is 156 Å². The lowest BCUT2D eigenvalue weighted by Gasteiger charge is -2.14. The molecule has 2 aromatic rings. The third-order valence-corrected chi connectivity index (χ3v) is 4.45. The van der Waals surface area contributed by atoms with Crippen LogP contribution in [0.15, 0.2) is 42.0 Å². The van der Waals surface area contributed by atoms with Crippen LogP contribution in [0.25, 0.3) is 0 Å².